The first-order valence-corrected chi connectivity index (χ1v) is 7.64. The van der Waals surface area contributed by atoms with Gasteiger partial charge in [0.2, 0.25) is 5.91 Å². The van der Waals surface area contributed by atoms with Crippen molar-refractivity contribution in [3.63, 3.8) is 0 Å². The van der Waals surface area contributed by atoms with Gasteiger partial charge in [0.1, 0.15) is 11.6 Å². The predicted molar refractivity (Wildman–Crippen MR) is 90.1 cm³/mol. The number of anilines is 2. The lowest BCUT2D eigenvalue weighted by atomic mass is 10.1. The average molecular weight is 348 g/mol. The molecule has 0 saturated carbocycles. The molecule has 1 aromatic carbocycles. The summed E-state index contributed by atoms with van der Waals surface area (Å²) in [5.74, 6) is -2.38. The average Bonchev–Trinajstić information content (AvgIpc) is 2.57. The molecule has 6 nitrogen and oxygen atoms in total. The molecule has 0 aliphatic rings. The fraction of sp³-hybridized carbons (Fsp3) is 0.235. The standard InChI is InChI=1S/C17H18F2N4O2/c1-3-14(11-4-6-20-7-5-11)22-17(25)23-16-9-15(21-10(2)24)12(18)8-13(16)19/h4-9,14H,3H2,1-2H3,(H,21,24)(H2,22,23,25). The predicted octanol–water partition coefficient (Wildman–Crippen LogP) is 3.59. The van der Waals surface area contributed by atoms with Gasteiger partial charge < -0.3 is 16.0 Å². The van der Waals surface area contributed by atoms with Crippen molar-refractivity contribution in [1.29, 1.82) is 0 Å². The van der Waals surface area contributed by atoms with Crippen LogP contribution >= 0.6 is 0 Å². The number of aromatic nitrogens is 1. The lowest BCUT2D eigenvalue weighted by Gasteiger charge is -2.18. The highest BCUT2D eigenvalue weighted by Gasteiger charge is 2.16. The molecule has 0 fully saturated rings. The van der Waals surface area contributed by atoms with Crippen LogP contribution in [-0.4, -0.2) is 16.9 Å². The molecule has 2 aromatic rings. The second-order valence-corrected chi connectivity index (χ2v) is 5.33. The van der Waals surface area contributed by atoms with Crippen LogP contribution < -0.4 is 16.0 Å². The Balaban J connectivity index is 2.13. The molecular formula is C17H18F2N4O2. The van der Waals surface area contributed by atoms with E-state index in [2.05, 4.69) is 20.9 Å². The highest BCUT2D eigenvalue weighted by atomic mass is 19.1. The van der Waals surface area contributed by atoms with E-state index >= 15 is 0 Å². The Morgan fingerprint density at radius 3 is 2.24 bits per heavy atom. The first-order chi connectivity index (χ1) is 11.9. The van der Waals surface area contributed by atoms with E-state index in [9.17, 15) is 18.4 Å². The minimum atomic E-state index is -0.946. The van der Waals surface area contributed by atoms with Crippen molar-refractivity contribution in [2.24, 2.45) is 0 Å². The zero-order valence-electron chi connectivity index (χ0n) is 13.8. The summed E-state index contributed by atoms with van der Waals surface area (Å²) in [6.07, 6.45) is 3.83. The van der Waals surface area contributed by atoms with Crippen molar-refractivity contribution in [1.82, 2.24) is 10.3 Å². The molecule has 2 rings (SSSR count). The second-order valence-electron chi connectivity index (χ2n) is 5.33. The highest BCUT2D eigenvalue weighted by molar-refractivity contribution is 5.93. The van der Waals surface area contributed by atoms with Crippen LogP contribution in [0.5, 0.6) is 0 Å². The lowest BCUT2D eigenvalue weighted by molar-refractivity contribution is -0.114. The number of halogens is 2. The zero-order chi connectivity index (χ0) is 18.4. The van der Waals surface area contributed by atoms with Crippen LogP contribution in [0.2, 0.25) is 0 Å². The Kier molecular flexibility index (Phi) is 5.99. The molecule has 0 aliphatic heterocycles. The summed E-state index contributed by atoms with van der Waals surface area (Å²) in [4.78, 5) is 27.1. The van der Waals surface area contributed by atoms with E-state index in [1.807, 2.05) is 6.92 Å². The number of benzene rings is 1. The van der Waals surface area contributed by atoms with E-state index in [1.54, 1.807) is 24.5 Å². The van der Waals surface area contributed by atoms with E-state index in [4.69, 9.17) is 0 Å². The number of hydrogen-bond acceptors (Lipinski definition) is 3. The molecule has 1 heterocycles. The van der Waals surface area contributed by atoms with Gasteiger partial charge in [-0.15, -0.1) is 0 Å². The molecule has 1 aromatic heterocycles. The van der Waals surface area contributed by atoms with Gasteiger partial charge in [-0.2, -0.15) is 0 Å². The summed E-state index contributed by atoms with van der Waals surface area (Å²) >= 11 is 0. The fourth-order valence-electron chi connectivity index (χ4n) is 2.26. The smallest absolute Gasteiger partial charge is 0.319 e. The Labute approximate surface area is 143 Å². The van der Waals surface area contributed by atoms with Crippen molar-refractivity contribution in [2.45, 2.75) is 26.3 Å². The van der Waals surface area contributed by atoms with Gasteiger partial charge in [0, 0.05) is 25.4 Å². The van der Waals surface area contributed by atoms with Gasteiger partial charge in [0.05, 0.1) is 17.4 Å². The maximum absolute atomic E-state index is 13.9. The molecule has 1 atom stereocenters. The molecule has 1 unspecified atom stereocenters. The Bertz CT molecular complexity index is 769. The number of hydrogen-bond donors (Lipinski definition) is 3. The van der Waals surface area contributed by atoms with Gasteiger partial charge in [-0.05, 0) is 30.2 Å². The molecule has 0 saturated heterocycles. The quantitative estimate of drug-likeness (QED) is 0.772. The molecule has 3 amide bonds. The van der Waals surface area contributed by atoms with Crippen LogP contribution in [0, 0.1) is 11.6 Å². The van der Waals surface area contributed by atoms with Crippen molar-refractivity contribution < 1.29 is 18.4 Å². The first kappa shape index (κ1) is 18.3. The molecule has 0 spiro atoms. The number of pyridine rings is 1. The number of nitrogens with zero attached hydrogens (tertiary/aromatic N) is 1. The number of carbonyl (C=O) groups excluding carboxylic acids is 2. The van der Waals surface area contributed by atoms with Gasteiger partial charge >= 0.3 is 6.03 Å². The SMILES string of the molecule is CCC(NC(=O)Nc1cc(NC(C)=O)c(F)cc1F)c1ccncc1. The molecule has 0 radical (unpaired) electrons. The topological polar surface area (TPSA) is 83.1 Å². The second kappa shape index (κ2) is 8.18. The maximum atomic E-state index is 13.9. The van der Waals surface area contributed by atoms with Gasteiger partial charge in [-0.3, -0.25) is 9.78 Å². The van der Waals surface area contributed by atoms with Gasteiger partial charge in [0.15, 0.2) is 0 Å². The Morgan fingerprint density at radius 1 is 1.08 bits per heavy atom. The Hall–Kier alpha value is -3.03. The number of nitrogens with one attached hydrogen (secondary N) is 3. The monoisotopic (exact) mass is 348 g/mol. The van der Waals surface area contributed by atoms with E-state index < -0.39 is 23.6 Å². The molecule has 8 heteroatoms. The van der Waals surface area contributed by atoms with E-state index in [0.29, 0.717) is 12.5 Å². The van der Waals surface area contributed by atoms with Crippen LogP contribution in [0.15, 0.2) is 36.7 Å². The number of urea groups is 1. The highest BCUT2D eigenvalue weighted by Crippen LogP contribution is 2.24. The molecule has 132 valence electrons. The molecular weight excluding hydrogens is 330 g/mol. The van der Waals surface area contributed by atoms with Crippen LogP contribution in [0.25, 0.3) is 0 Å². The lowest BCUT2D eigenvalue weighted by Crippen LogP contribution is -2.32. The van der Waals surface area contributed by atoms with Crippen molar-refractivity contribution >= 4 is 23.3 Å². The van der Waals surface area contributed by atoms with Crippen molar-refractivity contribution in [2.75, 3.05) is 10.6 Å². The first-order valence-electron chi connectivity index (χ1n) is 7.64. The minimum Gasteiger partial charge on any atom is -0.331 e. The zero-order valence-corrected chi connectivity index (χ0v) is 13.8. The fourth-order valence-corrected chi connectivity index (χ4v) is 2.26. The normalized spacial score (nSPS) is 11.5. The van der Waals surface area contributed by atoms with Crippen LogP contribution in [0.1, 0.15) is 31.9 Å². The largest absolute Gasteiger partial charge is 0.331 e. The van der Waals surface area contributed by atoms with E-state index in [-0.39, 0.29) is 17.4 Å². The summed E-state index contributed by atoms with van der Waals surface area (Å²) in [6, 6.07) is 4.22. The summed E-state index contributed by atoms with van der Waals surface area (Å²) in [6.45, 7) is 3.09. The summed E-state index contributed by atoms with van der Waals surface area (Å²) in [7, 11) is 0. The third-order valence-corrected chi connectivity index (χ3v) is 3.44. The van der Waals surface area contributed by atoms with Crippen molar-refractivity contribution in [3.05, 3.63) is 53.9 Å². The molecule has 0 bridgehead atoms. The van der Waals surface area contributed by atoms with Crippen LogP contribution in [0.4, 0.5) is 25.0 Å². The summed E-state index contributed by atoms with van der Waals surface area (Å²) < 4.78 is 27.5. The van der Waals surface area contributed by atoms with Crippen molar-refractivity contribution in [3.8, 4) is 0 Å². The number of rotatable bonds is 5. The Morgan fingerprint density at radius 2 is 1.68 bits per heavy atom. The molecule has 25 heavy (non-hydrogen) atoms. The minimum absolute atomic E-state index is 0.217. The number of carbonyl (C=O) groups is 2. The number of amides is 3. The van der Waals surface area contributed by atoms with E-state index in [1.165, 1.54) is 6.92 Å². The molecule has 0 aliphatic carbocycles. The van der Waals surface area contributed by atoms with Crippen LogP contribution in [0.3, 0.4) is 0 Å². The van der Waals surface area contributed by atoms with Crippen LogP contribution in [-0.2, 0) is 4.79 Å². The van der Waals surface area contributed by atoms with Gasteiger partial charge in [0.25, 0.3) is 0 Å². The summed E-state index contributed by atoms with van der Waals surface area (Å²) in [5, 5.41) is 7.27. The maximum Gasteiger partial charge on any atom is 0.319 e. The van der Waals surface area contributed by atoms with E-state index in [0.717, 1.165) is 11.6 Å². The third kappa shape index (κ3) is 4.97. The van der Waals surface area contributed by atoms with Gasteiger partial charge in [-0.25, -0.2) is 13.6 Å². The third-order valence-electron chi connectivity index (χ3n) is 3.44. The molecule has 3 N–H and O–H groups in total. The summed E-state index contributed by atoms with van der Waals surface area (Å²) in [5.41, 5.74) is 0.392. The van der Waals surface area contributed by atoms with Gasteiger partial charge in [-0.1, -0.05) is 6.92 Å².